The van der Waals surface area contributed by atoms with Crippen LogP contribution in [0.15, 0.2) is 18.2 Å². The molecule has 2 rings (SSSR count). The van der Waals surface area contributed by atoms with Crippen molar-refractivity contribution in [2.24, 2.45) is 0 Å². The number of hydrogen-bond acceptors (Lipinski definition) is 4. The second kappa shape index (κ2) is 7.35. The molecule has 1 saturated heterocycles. The Bertz CT molecular complexity index is 556. The van der Waals surface area contributed by atoms with Crippen LogP contribution in [0.5, 0.6) is 5.75 Å². The van der Waals surface area contributed by atoms with Crippen molar-refractivity contribution >= 4 is 23.6 Å². The van der Waals surface area contributed by atoms with Gasteiger partial charge in [0.05, 0.1) is 19.8 Å². The monoisotopic (exact) mass is 326 g/mol. The van der Waals surface area contributed by atoms with Crippen LogP contribution in [0.2, 0.25) is 5.02 Å². The molecule has 6 nitrogen and oxygen atoms in total. The molecule has 1 aromatic carbocycles. The molecular formula is C15H19ClN2O4. The normalized spacial score (nSPS) is 15.3. The number of piperidine rings is 1. The van der Waals surface area contributed by atoms with Crippen molar-refractivity contribution in [2.45, 2.75) is 18.9 Å². The highest BCUT2D eigenvalue weighted by Gasteiger charge is 2.25. The van der Waals surface area contributed by atoms with Crippen LogP contribution < -0.4 is 10.1 Å². The number of amides is 2. The summed E-state index contributed by atoms with van der Waals surface area (Å²) in [6.45, 7) is 1.12. The number of benzene rings is 1. The molecule has 0 aliphatic carbocycles. The number of nitrogens with one attached hydrogen (secondary N) is 1. The molecule has 1 aliphatic rings. The third kappa shape index (κ3) is 3.82. The SMILES string of the molecule is COC(=O)N1CCC(NC(=O)c2cc(Cl)ccc2OC)CC1. The predicted molar refractivity (Wildman–Crippen MR) is 82.5 cm³/mol. The van der Waals surface area contributed by atoms with Gasteiger partial charge in [0.1, 0.15) is 5.75 Å². The molecule has 0 radical (unpaired) electrons. The van der Waals surface area contributed by atoms with Crippen LogP contribution in [0.3, 0.4) is 0 Å². The van der Waals surface area contributed by atoms with E-state index >= 15 is 0 Å². The van der Waals surface area contributed by atoms with Gasteiger partial charge in [-0.15, -0.1) is 0 Å². The molecule has 0 aromatic heterocycles. The zero-order valence-electron chi connectivity index (χ0n) is 12.6. The number of likely N-dealkylation sites (tertiary alicyclic amines) is 1. The van der Waals surface area contributed by atoms with Gasteiger partial charge in [-0.2, -0.15) is 0 Å². The summed E-state index contributed by atoms with van der Waals surface area (Å²) < 4.78 is 9.87. The number of nitrogens with zero attached hydrogens (tertiary/aromatic N) is 1. The first-order valence-corrected chi connectivity index (χ1v) is 7.40. The van der Waals surface area contributed by atoms with E-state index in [1.165, 1.54) is 14.2 Å². The molecule has 1 aromatic rings. The summed E-state index contributed by atoms with van der Waals surface area (Å²) in [5.74, 6) is 0.254. The lowest BCUT2D eigenvalue weighted by Gasteiger charge is -2.31. The summed E-state index contributed by atoms with van der Waals surface area (Å²) in [6, 6.07) is 4.93. The van der Waals surface area contributed by atoms with Crippen LogP contribution in [0.25, 0.3) is 0 Å². The number of halogens is 1. The van der Waals surface area contributed by atoms with Gasteiger partial charge in [0.2, 0.25) is 0 Å². The van der Waals surface area contributed by atoms with E-state index in [1.54, 1.807) is 23.1 Å². The van der Waals surface area contributed by atoms with Crippen LogP contribution in [0, 0.1) is 0 Å². The predicted octanol–water partition coefficient (Wildman–Crippen LogP) is 2.31. The van der Waals surface area contributed by atoms with E-state index in [0.717, 1.165) is 0 Å². The second-order valence-electron chi connectivity index (χ2n) is 5.05. The summed E-state index contributed by atoms with van der Waals surface area (Å²) in [5.41, 5.74) is 0.408. The van der Waals surface area contributed by atoms with E-state index in [1.807, 2.05) is 0 Å². The van der Waals surface area contributed by atoms with Gasteiger partial charge in [-0.05, 0) is 31.0 Å². The fourth-order valence-corrected chi connectivity index (χ4v) is 2.63. The minimum Gasteiger partial charge on any atom is -0.496 e. The summed E-state index contributed by atoms with van der Waals surface area (Å²) in [4.78, 5) is 25.4. The number of carbonyl (C=O) groups excluding carboxylic acids is 2. The molecule has 120 valence electrons. The van der Waals surface area contributed by atoms with E-state index in [2.05, 4.69) is 10.1 Å². The van der Waals surface area contributed by atoms with Gasteiger partial charge in [-0.3, -0.25) is 4.79 Å². The molecule has 0 bridgehead atoms. The zero-order valence-corrected chi connectivity index (χ0v) is 13.4. The average molecular weight is 327 g/mol. The highest BCUT2D eigenvalue weighted by atomic mass is 35.5. The Kier molecular flexibility index (Phi) is 5.49. The van der Waals surface area contributed by atoms with Gasteiger partial charge in [0.25, 0.3) is 5.91 Å². The van der Waals surface area contributed by atoms with Gasteiger partial charge in [0.15, 0.2) is 0 Å². The van der Waals surface area contributed by atoms with Crippen molar-refractivity contribution in [2.75, 3.05) is 27.3 Å². The van der Waals surface area contributed by atoms with Crippen LogP contribution in [0.1, 0.15) is 23.2 Å². The first-order valence-electron chi connectivity index (χ1n) is 7.02. The maximum atomic E-state index is 12.4. The van der Waals surface area contributed by atoms with Crippen molar-refractivity contribution in [1.29, 1.82) is 0 Å². The van der Waals surface area contributed by atoms with Gasteiger partial charge in [0, 0.05) is 24.2 Å². The molecule has 1 aliphatic heterocycles. The fourth-order valence-electron chi connectivity index (χ4n) is 2.46. The topological polar surface area (TPSA) is 67.9 Å². The Morgan fingerprint density at radius 3 is 2.55 bits per heavy atom. The molecule has 22 heavy (non-hydrogen) atoms. The van der Waals surface area contributed by atoms with Crippen molar-refractivity contribution in [3.8, 4) is 5.75 Å². The van der Waals surface area contributed by atoms with Gasteiger partial charge in [-0.25, -0.2) is 4.79 Å². The first-order chi connectivity index (χ1) is 10.5. The lowest BCUT2D eigenvalue weighted by molar-refractivity contribution is 0.0889. The molecule has 0 unspecified atom stereocenters. The largest absolute Gasteiger partial charge is 0.496 e. The number of carbonyl (C=O) groups is 2. The van der Waals surface area contributed by atoms with Crippen molar-refractivity contribution in [1.82, 2.24) is 10.2 Å². The third-order valence-electron chi connectivity index (χ3n) is 3.67. The Balaban J connectivity index is 1.96. The average Bonchev–Trinajstić information content (AvgIpc) is 2.54. The minimum absolute atomic E-state index is 0.0112. The Hall–Kier alpha value is -1.95. The van der Waals surface area contributed by atoms with E-state index in [-0.39, 0.29) is 18.0 Å². The first kappa shape index (κ1) is 16.4. The van der Waals surface area contributed by atoms with E-state index in [9.17, 15) is 9.59 Å². The van der Waals surface area contributed by atoms with E-state index < -0.39 is 0 Å². The highest BCUT2D eigenvalue weighted by molar-refractivity contribution is 6.31. The molecule has 0 saturated carbocycles. The Morgan fingerprint density at radius 2 is 1.95 bits per heavy atom. The maximum Gasteiger partial charge on any atom is 0.409 e. The van der Waals surface area contributed by atoms with E-state index in [4.69, 9.17) is 16.3 Å². The van der Waals surface area contributed by atoms with Gasteiger partial charge < -0.3 is 19.7 Å². The van der Waals surface area contributed by atoms with Gasteiger partial charge in [-0.1, -0.05) is 11.6 Å². The molecular weight excluding hydrogens is 308 g/mol. The number of rotatable bonds is 3. The number of methoxy groups -OCH3 is 2. The highest BCUT2D eigenvalue weighted by Crippen LogP contribution is 2.23. The lowest BCUT2D eigenvalue weighted by Crippen LogP contribution is -2.46. The molecule has 2 amide bonds. The van der Waals surface area contributed by atoms with Crippen LogP contribution >= 0.6 is 11.6 Å². The smallest absolute Gasteiger partial charge is 0.409 e. The number of hydrogen-bond donors (Lipinski definition) is 1. The summed E-state index contributed by atoms with van der Waals surface area (Å²) >= 11 is 5.94. The van der Waals surface area contributed by atoms with Crippen LogP contribution in [-0.4, -0.2) is 50.3 Å². The zero-order chi connectivity index (χ0) is 16.1. The molecule has 1 N–H and O–H groups in total. The van der Waals surface area contributed by atoms with Crippen molar-refractivity contribution in [3.63, 3.8) is 0 Å². The second-order valence-corrected chi connectivity index (χ2v) is 5.49. The third-order valence-corrected chi connectivity index (χ3v) is 3.90. The summed E-state index contributed by atoms with van der Waals surface area (Å²) in [7, 11) is 2.87. The van der Waals surface area contributed by atoms with Crippen molar-refractivity contribution < 1.29 is 19.1 Å². The maximum absolute atomic E-state index is 12.4. The van der Waals surface area contributed by atoms with E-state index in [0.29, 0.717) is 42.3 Å². The minimum atomic E-state index is -0.332. The molecule has 1 fully saturated rings. The molecule has 7 heteroatoms. The van der Waals surface area contributed by atoms with Gasteiger partial charge >= 0.3 is 6.09 Å². The fraction of sp³-hybridized carbons (Fsp3) is 0.467. The lowest BCUT2D eigenvalue weighted by atomic mass is 10.0. The number of ether oxygens (including phenoxy) is 2. The quantitative estimate of drug-likeness (QED) is 0.925. The molecule has 1 heterocycles. The van der Waals surface area contributed by atoms with Crippen molar-refractivity contribution in [3.05, 3.63) is 28.8 Å². The summed E-state index contributed by atoms with van der Waals surface area (Å²) in [5, 5.41) is 3.44. The van der Waals surface area contributed by atoms with Crippen LogP contribution in [0.4, 0.5) is 4.79 Å². The Morgan fingerprint density at radius 1 is 1.27 bits per heavy atom. The Labute approximate surface area is 134 Å². The molecule has 0 spiro atoms. The standard InChI is InChI=1S/C15H19ClN2O4/c1-21-13-4-3-10(16)9-12(13)14(19)17-11-5-7-18(8-6-11)15(20)22-2/h3-4,9,11H,5-8H2,1-2H3,(H,17,19). The van der Waals surface area contributed by atoms with Crippen LogP contribution in [-0.2, 0) is 4.74 Å². The summed E-state index contributed by atoms with van der Waals surface area (Å²) in [6.07, 6.45) is 1.04. The molecule has 0 atom stereocenters.